The Hall–Kier alpha value is -0.740. The van der Waals surface area contributed by atoms with Gasteiger partial charge in [-0.3, -0.25) is 20.2 Å². The van der Waals surface area contributed by atoms with E-state index in [1.165, 1.54) is 12.1 Å². The maximum Gasteiger partial charge on any atom is 0.387 e. The Labute approximate surface area is 120 Å². The Bertz CT molecular complexity index is 473. The first-order valence-electron chi connectivity index (χ1n) is 3.90. The van der Waals surface area contributed by atoms with Gasteiger partial charge in [-0.05, 0) is 53.9 Å². The van der Waals surface area contributed by atoms with Crippen molar-refractivity contribution in [2.24, 2.45) is 0 Å². The van der Waals surface area contributed by atoms with Crippen molar-refractivity contribution in [3.63, 3.8) is 0 Å². The summed E-state index contributed by atoms with van der Waals surface area (Å²) < 4.78 is 3.86. The number of nitrogens with zero attached hydrogens (tertiary/aromatic N) is 2. The Balaban J connectivity index is 3.35. The van der Waals surface area contributed by atoms with Crippen LogP contribution in [0.15, 0.2) is 18.2 Å². The third-order valence-electron chi connectivity index (χ3n) is 1.58. The van der Waals surface area contributed by atoms with Crippen LogP contribution in [0.2, 0.25) is 0 Å². The van der Waals surface area contributed by atoms with Gasteiger partial charge in [-0.25, -0.2) is 0 Å². The predicted molar refractivity (Wildman–Crippen MR) is 69.9 cm³/mol. The number of benzene rings is 1. The summed E-state index contributed by atoms with van der Waals surface area (Å²) in [6.45, 7) is 0. The van der Waals surface area contributed by atoms with Gasteiger partial charge in [-0.1, -0.05) is 6.07 Å². The van der Waals surface area contributed by atoms with E-state index in [-0.39, 0.29) is 5.75 Å². The molecule has 0 aliphatic rings. The zero-order chi connectivity index (χ0) is 13.2. The van der Waals surface area contributed by atoms with Crippen molar-refractivity contribution in [1.29, 1.82) is 0 Å². The molecule has 1 aromatic rings. The van der Waals surface area contributed by atoms with Gasteiger partial charge < -0.3 is 4.74 Å². The molecule has 0 N–H and O–H groups in total. The van der Waals surface area contributed by atoms with Gasteiger partial charge in [-0.2, -0.15) is 0 Å². The molecule has 17 heavy (non-hydrogen) atoms. The summed E-state index contributed by atoms with van der Waals surface area (Å²) in [4.78, 5) is 19.7. The Morgan fingerprint density at radius 3 is 2.12 bits per heavy atom. The Morgan fingerprint density at radius 1 is 1.12 bits per heavy atom. The minimum absolute atomic E-state index is 0.241. The number of hydrogen-bond acceptors (Lipinski definition) is 5. The van der Waals surface area contributed by atoms with Crippen LogP contribution >= 0.6 is 47.8 Å². The second-order valence-corrected chi connectivity index (χ2v) is 9.23. The molecule has 0 aromatic heterocycles. The van der Waals surface area contributed by atoms with E-state index < -0.39 is 23.6 Å². The quantitative estimate of drug-likeness (QED) is 0.411. The average molecular weight is 435 g/mol. The van der Waals surface area contributed by atoms with Gasteiger partial charge in [0, 0.05) is 6.07 Å². The molecule has 10 heteroatoms. The van der Waals surface area contributed by atoms with Crippen molar-refractivity contribution >= 4 is 59.2 Å². The van der Waals surface area contributed by atoms with Gasteiger partial charge in [0.1, 0.15) is 0 Å². The molecule has 0 heterocycles. The van der Waals surface area contributed by atoms with Crippen LogP contribution in [0.25, 0.3) is 0 Å². The topological polar surface area (TPSA) is 95.5 Å². The van der Waals surface area contributed by atoms with Crippen LogP contribution in [0.5, 0.6) is 5.75 Å². The minimum Gasteiger partial charge on any atom is -0.449 e. The van der Waals surface area contributed by atoms with Gasteiger partial charge in [-0.15, -0.1) is 0 Å². The fourth-order valence-electron chi connectivity index (χ4n) is 1.05. The van der Waals surface area contributed by atoms with Gasteiger partial charge in [0.2, 0.25) is 5.75 Å². The van der Waals surface area contributed by atoms with Crippen LogP contribution in [0.4, 0.5) is 11.4 Å². The SMILES string of the molecule is O=[N+]([O-])c1cccc(OC(Br)(Br)Br)c1[N+](=O)[O-]. The van der Waals surface area contributed by atoms with E-state index >= 15 is 0 Å². The maximum atomic E-state index is 10.8. The van der Waals surface area contributed by atoms with E-state index in [9.17, 15) is 20.2 Å². The van der Waals surface area contributed by atoms with Gasteiger partial charge >= 0.3 is 11.4 Å². The summed E-state index contributed by atoms with van der Waals surface area (Å²) in [5.74, 6) is -0.241. The highest BCUT2D eigenvalue weighted by molar-refractivity contribution is 9.39. The lowest BCUT2D eigenvalue weighted by molar-refractivity contribution is -0.423. The van der Waals surface area contributed by atoms with E-state index in [2.05, 4.69) is 47.8 Å². The number of rotatable bonds is 3. The van der Waals surface area contributed by atoms with Gasteiger partial charge in [0.05, 0.1) is 9.85 Å². The normalized spacial score (nSPS) is 11.0. The predicted octanol–water partition coefficient (Wildman–Crippen LogP) is 3.68. The molecule has 92 valence electrons. The molecule has 0 saturated heterocycles. The number of hydrogen-bond donors (Lipinski definition) is 0. The highest BCUT2D eigenvalue weighted by Gasteiger charge is 2.33. The Morgan fingerprint density at radius 2 is 1.71 bits per heavy atom. The van der Waals surface area contributed by atoms with E-state index in [4.69, 9.17) is 4.74 Å². The lowest BCUT2D eigenvalue weighted by Crippen LogP contribution is -2.12. The van der Waals surface area contributed by atoms with Crippen molar-refractivity contribution in [3.8, 4) is 5.75 Å². The first kappa shape index (κ1) is 14.3. The van der Waals surface area contributed by atoms with Crippen LogP contribution in [-0.2, 0) is 0 Å². The molecule has 0 radical (unpaired) electrons. The van der Waals surface area contributed by atoms with E-state index in [1.807, 2.05) is 0 Å². The molecule has 0 amide bonds. The molecule has 0 aliphatic heterocycles. The molecule has 0 spiro atoms. The van der Waals surface area contributed by atoms with Crippen LogP contribution in [0.3, 0.4) is 0 Å². The zero-order valence-electron chi connectivity index (χ0n) is 7.80. The summed E-state index contributed by atoms with van der Waals surface area (Å²) in [6.07, 6.45) is 0. The molecular weight excluding hydrogens is 432 g/mol. The Kier molecular flexibility index (Phi) is 4.44. The maximum absolute atomic E-state index is 10.8. The number of nitro groups is 2. The largest absolute Gasteiger partial charge is 0.449 e. The molecule has 0 aliphatic carbocycles. The van der Waals surface area contributed by atoms with Crippen molar-refractivity contribution in [3.05, 3.63) is 38.4 Å². The minimum atomic E-state index is -1.23. The number of alkyl halides is 3. The van der Waals surface area contributed by atoms with Gasteiger partial charge in [0.15, 0.2) is 0 Å². The lowest BCUT2D eigenvalue weighted by atomic mass is 10.2. The van der Waals surface area contributed by atoms with E-state index in [0.717, 1.165) is 6.07 Å². The van der Waals surface area contributed by atoms with Crippen LogP contribution in [0, 0.1) is 20.2 Å². The van der Waals surface area contributed by atoms with E-state index in [0.29, 0.717) is 0 Å². The lowest BCUT2D eigenvalue weighted by Gasteiger charge is -2.14. The van der Waals surface area contributed by atoms with Crippen molar-refractivity contribution in [2.45, 2.75) is 2.33 Å². The van der Waals surface area contributed by atoms with Crippen LogP contribution in [-0.4, -0.2) is 12.2 Å². The monoisotopic (exact) mass is 432 g/mol. The van der Waals surface area contributed by atoms with Crippen LogP contribution in [0.1, 0.15) is 0 Å². The third-order valence-corrected chi connectivity index (χ3v) is 2.07. The molecule has 7 nitrogen and oxygen atoms in total. The molecule has 0 saturated carbocycles. The molecule has 1 rings (SSSR count). The molecule has 0 unspecified atom stereocenters. The average Bonchev–Trinajstić information content (AvgIpc) is 2.14. The molecule has 0 bridgehead atoms. The number of halogens is 3. The summed E-state index contributed by atoms with van der Waals surface area (Å²) in [6, 6.07) is 3.58. The summed E-state index contributed by atoms with van der Waals surface area (Å²) in [5, 5.41) is 21.5. The summed E-state index contributed by atoms with van der Waals surface area (Å²) in [5.41, 5.74) is -1.34. The first-order chi connectivity index (χ1) is 7.72. The smallest absolute Gasteiger partial charge is 0.387 e. The molecule has 0 atom stereocenters. The van der Waals surface area contributed by atoms with Crippen LogP contribution < -0.4 is 4.74 Å². The fraction of sp³-hybridized carbons (Fsp3) is 0.143. The first-order valence-corrected chi connectivity index (χ1v) is 6.28. The standard InChI is InChI=1S/C7H3Br3N2O5/c8-7(9,10)17-5-3-1-2-4(11(13)14)6(5)12(15)16/h1-3H. The fourth-order valence-corrected chi connectivity index (χ4v) is 1.57. The second kappa shape index (κ2) is 5.27. The van der Waals surface area contributed by atoms with Gasteiger partial charge in [0.25, 0.3) is 2.33 Å². The highest BCUT2D eigenvalue weighted by Crippen LogP contribution is 2.42. The molecule has 0 fully saturated rings. The third kappa shape index (κ3) is 3.89. The summed E-state index contributed by atoms with van der Waals surface area (Å²) >= 11 is 8.94. The molecular formula is C7H3Br3N2O5. The van der Waals surface area contributed by atoms with Crippen molar-refractivity contribution < 1.29 is 14.6 Å². The highest BCUT2D eigenvalue weighted by atomic mass is 80.0. The van der Waals surface area contributed by atoms with Crippen molar-refractivity contribution in [1.82, 2.24) is 0 Å². The second-order valence-electron chi connectivity index (χ2n) is 2.69. The number of ether oxygens (including phenoxy) is 1. The number of para-hydroxylation sites is 1. The van der Waals surface area contributed by atoms with E-state index in [1.54, 1.807) is 0 Å². The number of nitro benzene ring substituents is 2. The zero-order valence-corrected chi connectivity index (χ0v) is 12.6. The summed E-state index contributed by atoms with van der Waals surface area (Å²) in [7, 11) is 0. The van der Waals surface area contributed by atoms with Crippen molar-refractivity contribution in [2.75, 3.05) is 0 Å². The molecule has 1 aromatic carbocycles.